The maximum absolute atomic E-state index is 11.3. The van der Waals surface area contributed by atoms with Gasteiger partial charge < -0.3 is 15.2 Å². The summed E-state index contributed by atoms with van der Waals surface area (Å²) in [6.07, 6.45) is 0. The number of fused-ring (bicyclic) bond motifs is 1. The van der Waals surface area contributed by atoms with Crippen molar-refractivity contribution in [3.63, 3.8) is 0 Å². The van der Waals surface area contributed by atoms with Gasteiger partial charge in [-0.1, -0.05) is 18.2 Å². The van der Waals surface area contributed by atoms with Gasteiger partial charge >= 0.3 is 5.97 Å². The van der Waals surface area contributed by atoms with E-state index in [1.54, 1.807) is 7.11 Å². The summed E-state index contributed by atoms with van der Waals surface area (Å²) in [6.45, 7) is 3.15. The molecule has 0 aliphatic heterocycles. The van der Waals surface area contributed by atoms with Gasteiger partial charge in [-0.3, -0.25) is 0 Å². The number of aromatic carboxylic acids is 1. The van der Waals surface area contributed by atoms with Gasteiger partial charge in [0.1, 0.15) is 4.88 Å². The molecule has 0 amide bonds. The Kier molecular flexibility index (Phi) is 4.52. The van der Waals surface area contributed by atoms with Crippen molar-refractivity contribution < 1.29 is 14.6 Å². The van der Waals surface area contributed by atoms with E-state index in [0.717, 1.165) is 15.6 Å². The Labute approximate surface area is 116 Å². The van der Waals surface area contributed by atoms with Gasteiger partial charge in [-0.2, -0.15) is 0 Å². The third-order valence-corrected chi connectivity index (χ3v) is 4.14. The lowest BCUT2D eigenvalue weighted by Crippen LogP contribution is -2.29. The number of carboxylic acid groups (broad SMARTS) is 1. The van der Waals surface area contributed by atoms with Crippen LogP contribution in [0.1, 0.15) is 22.2 Å². The molecule has 0 saturated heterocycles. The minimum Gasteiger partial charge on any atom is -0.477 e. The van der Waals surface area contributed by atoms with Crippen LogP contribution in [-0.4, -0.2) is 30.8 Å². The van der Waals surface area contributed by atoms with E-state index in [1.165, 1.54) is 11.3 Å². The summed E-state index contributed by atoms with van der Waals surface area (Å²) in [7, 11) is 1.65. The second kappa shape index (κ2) is 6.14. The van der Waals surface area contributed by atoms with Crippen molar-refractivity contribution in [2.24, 2.45) is 0 Å². The number of rotatable bonds is 6. The van der Waals surface area contributed by atoms with E-state index in [4.69, 9.17) is 4.74 Å². The van der Waals surface area contributed by atoms with Crippen molar-refractivity contribution in [1.29, 1.82) is 0 Å². The molecule has 4 nitrogen and oxygen atoms in total. The number of hydrogen-bond donors (Lipinski definition) is 2. The van der Waals surface area contributed by atoms with Crippen molar-refractivity contribution in [3.05, 3.63) is 34.7 Å². The van der Waals surface area contributed by atoms with E-state index in [1.807, 2.05) is 31.2 Å². The molecule has 0 radical (unpaired) electrons. The summed E-state index contributed by atoms with van der Waals surface area (Å²) in [5.41, 5.74) is 0.857. The average Bonchev–Trinajstić information content (AvgIpc) is 2.75. The molecule has 1 aromatic heterocycles. The first-order valence-electron chi connectivity index (χ1n) is 6.09. The van der Waals surface area contributed by atoms with E-state index in [0.29, 0.717) is 18.0 Å². The molecule has 1 unspecified atom stereocenters. The van der Waals surface area contributed by atoms with Crippen LogP contribution >= 0.6 is 11.3 Å². The minimum absolute atomic E-state index is 0.185. The normalized spacial score (nSPS) is 12.7. The van der Waals surface area contributed by atoms with E-state index in [2.05, 4.69) is 5.32 Å². The number of thiophene rings is 1. The van der Waals surface area contributed by atoms with Crippen molar-refractivity contribution in [2.45, 2.75) is 19.5 Å². The van der Waals surface area contributed by atoms with Crippen LogP contribution in [0, 0.1) is 0 Å². The summed E-state index contributed by atoms with van der Waals surface area (Å²) in [5, 5.41) is 13.6. The number of carbonyl (C=O) groups is 1. The van der Waals surface area contributed by atoms with E-state index in [9.17, 15) is 9.90 Å². The number of nitrogens with one attached hydrogen (secondary N) is 1. The molecule has 2 aromatic rings. The maximum atomic E-state index is 11.3. The van der Waals surface area contributed by atoms with Gasteiger partial charge in [0.25, 0.3) is 0 Å². The molecule has 0 bridgehead atoms. The van der Waals surface area contributed by atoms with E-state index in [-0.39, 0.29) is 6.04 Å². The number of methoxy groups -OCH3 is 1. The molecule has 19 heavy (non-hydrogen) atoms. The first kappa shape index (κ1) is 14.0. The van der Waals surface area contributed by atoms with Gasteiger partial charge in [-0.05, 0) is 23.9 Å². The Morgan fingerprint density at radius 3 is 2.89 bits per heavy atom. The topological polar surface area (TPSA) is 58.6 Å². The van der Waals surface area contributed by atoms with Crippen LogP contribution in [0.15, 0.2) is 24.3 Å². The van der Waals surface area contributed by atoms with Gasteiger partial charge in [0.15, 0.2) is 0 Å². The highest BCUT2D eigenvalue weighted by Crippen LogP contribution is 2.31. The molecule has 1 aromatic carbocycles. The molecule has 5 heteroatoms. The van der Waals surface area contributed by atoms with Crippen LogP contribution < -0.4 is 5.32 Å². The lowest BCUT2D eigenvalue weighted by molar-refractivity contribution is 0.0701. The molecule has 0 saturated carbocycles. The van der Waals surface area contributed by atoms with E-state index >= 15 is 0 Å². The molecular formula is C14H17NO3S. The molecule has 2 rings (SSSR count). The molecule has 0 spiro atoms. The number of benzene rings is 1. The summed E-state index contributed by atoms with van der Waals surface area (Å²) >= 11 is 1.33. The van der Waals surface area contributed by atoms with E-state index < -0.39 is 5.97 Å². The first-order valence-corrected chi connectivity index (χ1v) is 6.91. The molecule has 2 N–H and O–H groups in total. The van der Waals surface area contributed by atoms with Crippen molar-refractivity contribution in [3.8, 4) is 0 Å². The lowest BCUT2D eigenvalue weighted by atomic mass is 10.1. The number of carboxylic acids is 1. The van der Waals surface area contributed by atoms with Crippen molar-refractivity contribution in [1.82, 2.24) is 5.32 Å². The molecule has 0 aliphatic carbocycles. The Bertz CT molecular complexity index is 579. The summed E-state index contributed by atoms with van der Waals surface area (Å²) in [6, 6.07) is 7.97. The zero-order valence-corrected chi connectivity index (χ0v) is 11.8. The fourth-order valence-corrected chi connectivity index (χ4v) is 3.09. The predicted octanol–water partition coefficient (Wildman–Crippen LogP) is 2.72. The molecular weight excluding hydrogens is 262 g/mol. The smallest absolute Gasteiger partial charge is 0.346 e. The fraction of sp³-hybridized carbons (Fsp3) is 0.357. The molecule has 0 fully saturated rings. The standard InChI is InChI=1S/C14H17NO3S/c1-9(8-18-2)15-7-11-10-5-3-4-6-12(10)19-13(11)14(16)17/h3-6,9,15H,7-8H2,1-2H3,(H,16,17). The second-order valence-electron chi connectivity index (χ2n) is 4.45. The molecule has 0 aliphatic rings. The van der Waals surface area contributed by atoms with Crippen LogP contribution in [0.25, 0.3) is 10.1 Å². The average molecular weight is 279 g/mol. The van der Waals surface area contributed by atoms with Crippen molar-refractivity contribution in [2.75, 3.05) is 13.7 Å². The number of ether oxygens (including phenoxy) is 1. The predicted molar refractivity (Wildman–Crippen MR) is 77.0 cm³/mol. The molecule has 102 valence electrons. The summed E-state index contributed by atoms with van der Waals surface area (Å²) < 4.78 is 6.07. The highest BCUT2D eigenvalue weighted by atomic mass is 32.1. The fourth-order valence-electron chi connectivity index (χ4n) is 2.03. The molecule has 1 heterocycles. The number of hydrogen-bond acceptors (Lipinski definition) is 4. The second-order valence-corrected chi connectivity index (χ2v) is 5.50. The van der Waals surface area contributed by atoms with Gasteiger partial charge in [-0.15, -0.1) is 11.3 Å². The van der Waals surface area contributed by atoms with Gasteiger partial charge in [-0.25, -0.2) is 4.79 Å². The van der Waals surface area contributed by atoms with Crippen LogP contribution in [0.5, 0.6) is 0 Å². The van der Waals surface area contributed by atoms with Gasteiger partial charge in [0.05, 0.1) is 6.61 Å². The highest BCUT2D eigenvalue weighted by molar-refractivity contribution is 7.21. The largest absolute Gasteiger partial charge is 0.477 e. The summed E-state index contributed by atoms with van der Waals surface area (Å²) in [4.78, 5) is 11.7. The first-order chi connectivity index (χ1) is 9.13. The minimum atomic E-state index is -0.864. The Balaban J connectivity index is 2.29. The zero-order chi connectivity index (χ0) is 13.8. The SMILES string of the molecule is COCC(C)NCc1c(C(=O)O)sc2ccccc12. The zero-order valence-electron chi connectivity index (χ0n) is 11.0. The van der Waals surface area contributed by atoms with Crippen LogP contribution in [-0.2, 0) is 11.3 Å². The third-order valence-electron chi connectivity index (χ3n) is 2.94. The summed E-state index contributed by atoms with van der Waals surface area (Å²) in [5.74, 6) is -0.864. The van der Waals surface area contributed by atoms with Crippen LogP contribution in [0.3, 0.4) is 0 Å². The van der Waals surface area contributed by atoms with Gasteiger partial charge in [0, 0.05) is 24.4 Å². The lowest BCUT2D eigenvalue weighted by Gasteiger charge is -2.12. The third kappa shape index (κ3) is 3.12. The van der Waals surface area contributed by atoms with Crippen LogP contribution in [0.4, 0.5) is 0 Å². The highest BCUT2D eigenvalue weighted by Gasteiger charge is 2.17. The molecule has 1 atom stereocenters. The van der Waals surface area contributed by atoms with Crippen LogP contribution in [0.2, 0.25) is 0 Å². The Hall–Kier alpha value is -1.43. The Morgan fingerprint density at radius 1 is 1.47 bits per heavy atom. The van der Waals surface area contributed by atoms with Crippen molar-refractivity contribution >= 4 is 27.4 Å². The van der Waals surface area contributed by atoms with Gasteiger partial charge in [0.2, 0.25) is 0 Å². The monoisotopic (exact) mass is 279 g/mol. The maximum Gasteiger partial charge on any atom is 0.346 e. The Morgan fingerprint density at radius 2 is 2.21 bits per heavy atom. The quantitative estimate of drug-likeness (QED) is 0.853.